The molecule has 1 amide bonds. The number of carbonyl (C=O) groups excluding carboxylic acids is 1. The van der Waals surface area contributed by atoms with Crippen molar-refractivity contribution in [2.75, 3.05) is 31.1 Å². The Labute approximate surface area is 117 Å². The number of aromatic nitrogens is 1. The maximum atomic E-state index is 11.4. The molecular weight excluding hydrogens is 264 g/mol. The zero-order chi connectivity index (χ0) is 13.8. The van der Waals surface area contributed by atoms with Crippen molar-refractivity contribution in [2.45, 2.75) is 13.3 Å². The lowest BCUT2D eigenvalue weighted by molar-refractivity contribution is -0.128. The SMILES string of the molecule is CC(=O)N1CCCN(c2ccc(Cl)c(C#N)n2)CC1. The number of carbonyl (C=O) groups is 1. The van der Waals surface area contributed by atoms with E-state index in [9.17, 15) is 4.79 Å². The largest absolute Gasteiger partial charge is 0.355 e. The van der Waals surface area contributed by atoms with Gasteiger partial charge in [0.1, 0.15) is 11.9 Å². The van der Waals surface area contributed by atoms with Crippen molar-refractivity contribution in [1.29, 1.82) is 5.26 Å². The topological polar surface area (TPSA) is 60.2 Å². The minimum absolute atomic E-state index is 0.101. The van der Waals surface area contributed by atoms with Crippen LogP contribution in [0.2, 0.25) is 5.02 Å². The zero-order valence-electron chi connectivity index (χ0n) is 10.8. The van der Waals surface area contributed by atoms with E-state index in [1.165, 1.54) is 0 Å². The van der Waals surface area contributed by atoms with Gasteiger partial charge in [0.2, 0.25) is 5.91 Å². The first-order valence-electron chi connectivity index (χ1n) is 6.19. The van der Waals surface area contributed by atoms with Crippen LogP contribution in [0.1, 0.15) is 19.0 Å². The van der Waals surface area contributed by atoms with Gasteiger partial charge in [-0.15, -0.1) is 0 Å². The fourth-order valence-electron chi connectivity index (χ4n) is 2.15. The third kappa shape index (κ3) is 3.15. The first-order valence-corrected chi connectivity index (χ1v) is 6.56. The van der Waals surface area contributed by atoms with Crippen LogP contribution in [0.5, 0.6) is 0 Å². The van der Waals surface area contributed by atoms with Gasteiger partial charge >= 0.3 is 0 Å². The zero-order valence-corrected chi connectivity index (χ0v) is 11.5. The number of halogens is 1. The van der Waals surface area contributed by atoms with Gasteiger partial charge < -0.3 is 9.80 Å². The number of amides is 1. The van der Waals surface area contributed by atoms with Gasteiger partial charge in [0.05, 0.1) is 5.02 Å². The van der Waals surface area contributed by atoms with E-state index < -0.39 is 0 Å². The molecule has 6 heteroatoms. The lowest BCUT2D eigenvalue weighted by Crippen LogP contribution is -2.33. The molecule has 0 aliphatic carbocycles. The van der Waals surface area contributed by atoms with Crippen LogP contribution in [0.15, 0.2) is 12.1 Å². The molecule has 2 rings (SSSR count). The molecule has 1 fully saturated rings. The molecule has 0 saturated carbocycles. The summed E-state index contributed by atoms with van der Waals surface area (Å²) in [6.07, 6.45) is 0.895. The summed E-state index contributed by atoms with van der Waals surface area (Å²) >= 11 is 5.88. The average molecular weight is 279 g/mol. The number of nitrogens with zero attached hydrogens (tertiary/aromatic N) is 4. The number of pyridine rings is 1. The first-order chi connectivity index (χ1) is 9.11. The highest BCUT2D eigenvalue weighted by molar-refractivity contribution is 6.31. The van der Waals surface area contributed by atoms with Crippen LogP contribution in [0.25, 0.3) is 0 Å². The third-order valence-electron chi connectivity index (χ3n) is 3.20. The van der Waals surface area contributed by atoms with Gasteiger partial charge in [-0.2, -0.15) is 5.26 Å². The molecule has 1 aliphatic heterocycles. The van der Waals surface area contributed by atoms with E-state index in [0.717, 1.165) is 31.9 Å². The van der Waals surface area contributed by atoms with Gasteiger partial charge in [-0.05, 0) is 18.6 Å². The Morgan fingerprint density at radius 3 is 2.84 bits per heavy atom. The van der Waals surface area contributed by atoms with Crippen molar-refractivity contribution in [3.63, 3.8) is 0 Å². The van der Waals surface area contributed by atoms with Crippen LogP contribution in [0.3, 0.4) is 0 Å². The second kappa shape index (κ2) is 5.89. The second-order valence-corrected chi connectivity index (χ2v) is 4.87. The Bertz CT molecular complexity index is 526. The van der Waals surface area contributed by atoms with E-state index in [0.29, 0.717) is 11.6 Å². The van der Waals surface area contributed by atoms with Crippen molar-refractivity contribution in [3.8, 4) is 6.07 Å². The van der Waals surface area contributed by atoms with E-state index in [4.69, 9.17) is 16.9 Å². The normalized spacial score (nSPS) is 15.8. The molecule has 1 aliphatic rings. The molecule has 100 valence electrons. The standard InChI is InChI=1S/C13H15ClN4O/c1-10(19)17-5-2-6-18(8-7-17)13-4-3-11(14)12(9-15)16-13/h3-4H,2,5-8H2,1H3. The highest BCUT2D eigenvalue weighted by Gasteiger charge is 2.18. The Kier molecular flexibility index (Phi) is 4.23. The minimum Gasteiger partial charge on any atom is -0.355 e. The van der Waals surface area contributed by atoms with E-state index in [2.05, 4.69) is 9.88 Å². The Morgan fingerprint density at radius 2 is 2.16 bits per heavy atom. The van der Waals surface area contributed by atoms with Gasteiger partial charge in [0.25, 0.3) is 0 Å². The Balaban J connectivity index is 2.14. The van der Waals surface area contributed by atoms with Crippen molar-refractivity contribution < 1.29 is 4.79 Å². The monoisotopic (exact) mass is 278 g/mol. The van der Waals surface area contributed by atoms with Crippen LogP contribution >= 0.6 is 11.6 Å². The average Bonchev–Trinajstić information content (AvgIpc) is 2.65. The number of rotatable bonds is 1. The molecule has 2 heterocycles. The number of hydrogen-bond donors (Lipinski definition) is 0. The van der Waals surface area contributed by atoms with Gasteiger partial charge in [0, 0.05) is 33.1 Å². The molecule has 0 radical (unpaired) electrons. The van der Waals surface area contributed by atoms with Crippen LogP contribution in [0, 0.1) is 11.3 Å². The fourth-order valence-corrected chi connectivity index (χ4v) is 2.30. The van der Waals surface area contributed by atoms with Gasteiger partial charge in [-0.25, -0.2) is 4.98 Å². The summed E-state index contributed by atoms with van der Waals surface area (Å²) < 4.78 is 0. The molecule has 0 aromatic carbocycles. The fraction of sp³-hybridized carbons (Fsp3) is 0.462. The highest BCUT2D eigenvalue weighted by atomic mass is 35.5. The number of nitriles is 1. The smallest absolute Gasteiger partial charge is 0.219 e. The van der Waals surface area contributed by atoms with Gasteiger partial charge in [-0.1, -0.05) is 11.6 Å². The molecule has 1 aromatic rings. The summed E-state index contributed by atoms with van der Waals surface area (Å²) in [7, 11) is 0. The number of hydrogen-bond acceptors (Lipinski definition) is 4. The van der Waals surface area contributed by atoms with E-state index in [1.807, 2.05) is 17.0 Å². The predicted molar refractivity (Wildman–Crippen MR) is 73.0 cm³/mol. The molecule has 0 atom stereocenters. The highest BCUT2D eigenvalue weighted by Crippen LogP contribution is 2.19. The summed E-state index contributed by atoms with van der Waals surface area (Å²) in [6.45, 7) is 4.58. The number of anilines is 1. The molecule has 5 nitrogen and oxygen atoms in total. The molecule has 1 aromatic heterocycles. The van der Waals surface area contributed by atoms with Crippen LogP contribution in [0.4, 0.5) is 5.82 Å². The lowest BCUT2D eigenvalue weighted by atomic mass is 10.3. The van der Waals surface area contributed by atoms with Crippen molar-refractivity contribution in [2.24, 2.45) is 0 Å². The first kappa shape index (κ1) is 13.6. The predicted octanol–water partition coefficient (Wildman–Crippen LogP) is 1.67. The molecule has 0 bridgehead atoms. The summed E-state index contributed by atoms with van der Waals surface area (Å²) in [6, 6.07) is 5.49. The van der Waals surface area contributed by atoms with E-state index in [1.54, 1.807) is 13.0 Å². The second-order valence-electron chi connectivity index (χ2n) is 4.46. The summed E-state index contributed by atoms with van der Waals surface area (Å²) in [5, 5.41) is 9.31. The van der Waals surface area contributed by atoms with Gasteiger partial charge in [-0.3, -0.25) is 4.79 Å². The van der Waals surface area contributed by atoms with E-state index in [-0.39, 0.29) is 11.6 Å². The molecule has 0 unspecified atom stereocenters. The maximum Gasteiger partial charge on any atom is 0.219 e. The van der Waals surface area contributed by atoms with Crippen LogP contribution in [-0.4, -0.2) is 42.0 Å². The summed E-state index contributed by atoms with van der Waals surface area (Å²) in [5.74, 6) is 0.843. The molecular formula is C13H15ClN4O. The van der Waals surface area contributed by atoms with Crippen LogP contribution in [-0.2, 0) is 4.79 Å². The summed E-state index contributed by atoms with van der Waals surface area (Å²) in [4.78, 5) is 19.5. The quantitative estimate of drug-likeness (QED) is 0.784. The molecule has 1 saturated heterocycles. The van der Waals surface area contributed by atoms with Crippen molar-refractivity contribution >= 4 is 23.3 Å². The lowest BCUT2D eigenvalue weighted by Gasteiger charge is -2.22. The molecule has 0 spiro atoms. The van der Waals surface area contributed by atoms with Crippen LogP contribution < -0.4 is 4.90 Å². The third-order valence-corrected chi connectivity index (χ3v) is 3.51. The molecule has 19 heavy (non-hydrogen) atoms. The summed E-state index contributed by atoms with van der Waals surface area (Å²) in [5.41, 5.74) is 0.242. The van der Waals surface area contributed by atoms with Gasteiger partial charge in [0.15, 0.2) is 5.69 Å². The minimum atomic E-state index is 0.101. The van der Waals surface area contributed by atoms with E-state index >= 15 is 0 Å². The van der Waals surface area contributed by atoms with Crippen molar-refractivity contribution in [3.05, 3.63) is 22.8 Å². The Morgan fingerprint density at radius 1 is 1.37 bits per heavy atom. The molecule has 0 N–H and O–H groups in total. The van der Waals surface area contributed by atoms with Crippen molar-refractivity contribution in [1.82, 2.24) is 9.88 Å². The Hall–Kier alpha value is -1.80. The maximum absolute atomic E-state index is 11.4.